The highest BCUT2D eigenvalue weighted by Gasteiger charge is 2.48. The van der Waals surface area contributed by atoms with E-state index >= 15 is 0 Å². The van der Waals surface area contributed by atoms with E-state index in [1.807, 2.05) is 0 Å². The van der Waals surface area contributed by atoms with Gasteiger partial charge in [-0.2, -0.15) is 0 Å². The summed E-state index contributed by atoms with van der Waals surface area (Å²) in [6, 6.07) is 0. The molecule has 130 valence electrons. The number of Topliss-reactive ketones (excluding diaryl/α,β-unsaturated/α-hetero) is 1. The number of nitrogens with one attached hydrogen (secondary N) is 1. The van der Waals surface area contributed by atoms with Gasteiger partial charge >= 0.3 is 12.1 Å². The van der Waals surface area contributed by atoms with Crippen molar-refractivity contribution in [3.8, 4) is 0 Å². The molecule has 0 saturated heterocycles. The van der Waals surface area contributed by atoms with Gasteiger partial charge in [-0.1, -0.05) is 0 Å². The zero-order chi connectivity index (χ0) is 17.1. The molecule has 22 heavy (non-hydrogen) atoms. The van der Waals surface area contributed by atoms with E-state index in [-0.39, 0.29) is 12.4 Å². The molecule has 0 bridgehead atoms. The molecule has 0 aliphatic rings. The van der Waals surface area contributed by atoms with Crippen LogP contribution < -0.4 is 16.8 Å². The first-order chi connectivity index (χ1) is 9.24. The van der Waals surface area contributed by atoms with Crippen molar-refractivity contribution in [2.45, 2.75) is 51.3 Å². The highest BCUT2D eigenvalue weighted by Crippen LogP contribution is 2.14. The minimum Gasteiger partial charge on any atom is -0.467 e. The van der Waals surface area contributed by atoms with Crippen LogP contribution in [0.15, 0.2) is 0 Å². The normalized spacial score (nSPS) is 14.2. The van der Waals surface area contributed by atoms with E-state index in [4.69, 9.17) is 16.2 Å². The number of carbonyl (C=O) groups is 3. The van der Waals surface area contributed by atoms with E-state index in [0.717, 1.165) is 7.11 Å². The van der Waals surface area contributed by atoms with Gasteiger partial charge in [0.1, 0.15) is 5.60 Å². The molecular formula is C13H26ClN3O5. The SMILES string of the molecule is COC(=O)[C@](N)(CNC(=O)OC(C)(C)C)C(=O)C(C)(C)N.Cl. The van der Waals surface area contributed by atoms with Crippen LogP contribution in [-0.4, -0.2) is 48.2 Å². The molecule has 0 aliphatic heterocycles. The molecular weight excluding hydrogens is 314 g/mol. The largest absolute Gasteiger partial charge is 0.467 e. The Morgan fingerprint density at radius 2 is 1.50 bits per heavy atom. The zero-order valence-electron chi connectivity index (χ0n) is 13.8. The van der Waals surface area contributed by atoms with E-state index < -0.39 is 41.1 Å². The molecule has 0 unspecified atom stereocenters. The van der Waals surface area contributed by atoms with Gasteiger partial charge in [0.25, 0.3) is 0 Å². The summed E-state index contributed by atoms with van der Waals surface area (Å²) in [4.78, 5) is 35.7. The summed E-state index contributed by atoms with van der Waals surface area (Å²) in [7, 11) is 1.09. The van der Waals surface area contributed by atoms with Crippen molar-refractivity contribution >= 4 is 30.3 Å². The zero-order valence-corrected chi connectivity index (χ0v) is 14.6. The maximum Gasteiger partial charge on any atom is 0.407 e. The Bertz CT molecular complexity index is 428. The van der Waals surface area contributed by atoms with Gasteiger partial charge in [-0.3, -0.25) is 4.79 Å². The molecule has 0 radical (unpaired) electrons. The van der Waals surface area contributed by atoms with Crippen LogP contribution in [-0.2, 0) is 19.1 Å². The molecule has 8 nitrogen and oxygen atoms in total. The molecule has 0 aromatic rings. The lowest BCUT2D eigenvalue weighted by Crippen LogP contribution is -2.68. The summed E-state index contributed by atoms with van der Waals surface area (Å²) in [5.74, 6) is -1.74. The van der Waals surface area contributed by atoms with Crippen LogP contribution in [0.4, 0.5) is 4.79 Å². The van der Waals surface area contributed by atoms with Gasteiger partial charge in [0, 0.05) is 0 Å². The smallest absolute Gasteiger partial charge is 0.407 e. The van der Waals surface area contributed by atoms with Crippen LogP contribution in [0.3, 0.4) is 0 Å². The van der Waals surface area contributed by atoms with Crippen molar-refractivity contribution in [1.82, 2.24) is 5.32 Å². The summed E-state index contributed by atoms with van der Waals surface area (Å²) in [6.07, 6.45) is -0.802. The van der Waals surface area contributed by atoms with Gasteiger partial charge in [-0.15, -0.1) is 12.4 Å². The minimum absolute atomic E-state index is 0. The number of nitrogens with two attached hydrogens (primary N) is 2. The number of ketones is 1. The van der Waals surface area contributed by atoms with E-state index in [1.54, 1.807) is 20.8 Å². The van der Waals surface area contributed by atoms with Gasteiger partial charge in [-0.05, 0) is 34.6 Å². The third-order valence-electron chi connectivity index (χ3n) is 2.45. The number of rotatable bonds is 5. The Kier molecular flexibility index (Phi) is 8.07. The first-order valence-electron chi connectivity index (χ1n) is 6.42. The predicted molar refractivity (Wildman–Crippen MR) is 83.7 cm³/mol. The third-order valence-corrected chi connectivity index (χ3v) is 2.45. The number of alkyl carbamates (subject to hydrolysis) is 1. The lowest BCUT2D eigenvalue weighted by Gasteiger charge is -2.31. The number of methoxy groups -OCH3 is 1. The maximum absolute atomic E-state index is 12.2. The molecule has 0 heterocycles. The molecule has 5 N–H and O–H groups in total. The van der Waals surface area contributed by atoms with Gasteiger partial charge < -0.3 is 26.3 Å². The topological polar surface area (TPSA) is 134 Å². The Morgan fingerprint density at radius 3 is 1.82 bits per heavy atom. The number of hydrogen-bond acceptors (Lipinski definition) is 7. The first kappa shape index (κ1) is 22.9. The molecule has 0 aromatic heterocycles. The molecule has 0 aromatic carbocycles. The standard InChI is InChI=1S/C13H25N3O5.ClH/c1-11(2,3)21-10(19)16-7-13(15,9(18)20-6)8(17)12(4,5)14;/h7,14-15H2,1-6H3,(H,16,19);1H/t13-;/m0./s1. The highest BCUT2D eigenvalue weighted by molar-refractivity contribution is 6.12. The number of hydrogen-bond donors (Lipinski definition) is 3. The number of carbonyl (C=O) groups excluding carboxylic acids is 3. The summed E-state index contributed by atoms with van der Waals surface area (Å²) in [5.41, 5.74) is 7.34. The molecule has 0 saturated carbocycles. The number of ether oxygens (including phenoxy) is 2. The van der Waals surface area contributed by atoms with Crippen LogP contribution in [0.25, 0.3) is 0 Å². The number of halogens is 1. The van der Waals surface area contributed by atoms with Crippen molar-refractivity contribution in [3.63, 3.8) is 0 Å². The van der Waals surface area contributed by atoms with Crippen LogP contribution in [0, 0.1) is 0 Å². The molecule has 0 aliphatic carbocycles. The van der Waals surface area contributed by atoms with Gasteiger partial charge in [0.05, 0.1) is 19.2 Å². The fraction of sp³-hybridized carbons (Fsp3) is 0.769. The van der Waals surface area contributed by atoms with Crippen molar-refractivity contribution < 1.29 is 23.9 Å². The number of esters is 1. The minimum atomic E-state index is -2.08. The highest BCUT2D eigenvalue weighted by atomic mass is 35.5. The summed E-state index contributed by atoms with van der Waals surface area (Å²) < 4.78 is 9.54. The Labute approximate surface area is 136 Å². The van der Waals surface area contributed by atoms with Crippen molar-refractivity contribution in [2.24, 2.45) is 11.5 Å². The Hall–Kier alpha value is -1.38. The van der Waals surface area contributed by atoms with Crippen molar-refractivity contribution in [3.05, 3.63) is 0 Å². The average molecular weight is 340 g/mol. The van der Waals surface area contributed by atoms with Crippen LogP contribution in [0.5, 0.6) is 0 Å². The van der Waals surface area contributed by atoms with Gasteiger partial charge in [0.15, 0.2) is 11.3 Å². The molecule has 0 fully saturated rings. The lowest BCUT2D eigenvalue weighted by atomic mass is 9.83. The monoisotopic (exact) mass is 339 g/mol. The fourth-order valence-corrected chi connectivity index (χ4v) is 1.53. The Balaban J connectivity index is 0. The van der Waals surface area contributed by atoms with Gasteiger partial charge in [0.2, 0.25) is 0 Å². The summed E-state index contributed by atoms with van der Waals surface area (Å²) >= 11 is 0. The molecule has 0 rings (SSSR count). The predicted octanol–water partition coefficient (Wildman–Crippen LogP) is 0.110. The second-order valence-corrected chi connectivity index (χ2v) is 6.37. The fourth-order valence-electron chi connectivity index (χ4n) is 1.53. The quantitative estimate of drug-likeness (QED) is 0.478. The van der Waals surface area contributed by atoms with Crippen LogP contribution in [0.1, 0.15) is 34.6 Å². The van der Waals surface area contributed by atoms with Gasteiger partial charge in [-0.25, -0.2) is 9.59 Å². The Morgan fingerprint density at radius 1 is 1.05 bits per heavy atom. The molecule has 0 spiro atoms. The number of amides is 1. The first-order valence-corrected chi connectivity index (χ1v) is 6.42. The molecule has 1 amide bonds. The summed E-state index contributed by atoms with van der Waals surface area (Å²) in [6.45, 7) is 7.37. The average Bonchev–Trinajstić information content (AvgIpc) is 2.30. The lowest BCUT2D eigenvalue weighted by molar-refractivity contribution is -0.152. The van der Waals surface area contributed by atoms with E-state index in [0.29, 0.717) is 0 Å². The second kappa shape index (κ2) is 7.75. The van der Waals surface area contributed by atoms with Crippen LogP contribution >= 0.6 is 12.4 Å². The van der Waals surface area contributed by atoms with Crippen molar-refractivity contribution in [1.29, 1.82) is 0 Å². The van der Waals surface area contributed by atoms with E-state index in [9.17, 15) is 14.4 Å². The maximum atomic E-state index is 12.2. The second-order valence-electron chi connectivity index (χ2n) is 6.37. The summed E-state index contributed by atoms with van der Waals surface area (Å²) in [5, 5.41) is 2.28. The molecule has 1 atom stereocenters. The van der Waals surface area contributed by atoms with Crippen molar-refractivity contribution in [2.75, 3.05) is 13.7 Å². The molecule has 9 heteroatoms. The van der Waals surface area contributed by atoms with E-state index in [1.165, 1.54) is 13.8 Å². The van der Waals surface area contributed by atoms with Crippen LogP contribution in [0.2, 0.25) is 0 Å². The van der Waals surface area contributed by atoms with E-state index in [2.05, 4.69) is 10.1 Å². The third kappa shape index (κ3) is 6.59.